The fourth-order valence-electron chi connectivity index (χ4n) is 3.16. The van der Waals surface area contributed by atoms with Gasteiger partial charge >= 0.3 is 5.97 Å². The van der Waals surface area contributed by atoms with Crippen LogP contribution in [0.15, 0.2) is 52.6 Å². The molecular weight excluding hydrogens is 389 g/mol. The van der Waals surface area contributed by atoms with Crippen molar-refractivity contribution in [2.24, 2.45) is 0 Å². The van der Waals surface area contributed by atoms with Gasteiger partial charge in [-0.2, -0.15) is 5.26 Å². The first-order chi connectivity index (χ1) is 14.4. The number of imidazole rings is 1. The number of nitrogens with one attached hydrogen (secondary N) is 1. The summed E-state index contributed by atoms with van der Waals surface area (Å²) in [7, 11) is 0. The monoisotopic (exact) mass is 405 g/mol. The molecule has 2 N–H and O–H groups in total. The molecule has 2 aromatic carbocycles. The average Bonchev–Trinajstić information content (AvgIpc) is 3.29. The number of para-hydroxylation sites is 2. The number of benzene rings is 2. The summed E-state index contributed by atoms with van der Waals surface area (Å²) in [5.41, 5.74) is 1.94. The summed E-state index contributed by atoms with van der Waals surface area (Å²) in [4.78, 5) is 19.8. The third kappa shape index (κ3) is 3.26. The van der Waals surface area contributed by atoms with Gasteiger partial charge in [-0.15, -0.1) is 0 Å². The van der Waals surface area contributed by atoms with E-state index in [9.17, 15) is 19.6 Å². The van der Waals surface area contributed by atoms with Crippen LogP contribution in [0.25, 0.3) is 27.6 Å². The maximum absolute atomic E-state index is 13.5. The molecule has 150 valence electrons. The fourth-order valence-corrected chi connectivity index (χ4v) is 3.16. The average molecular weight is 405 g/mol. The summed E-state index contributed by atoms with van der Waals surface area (Å²) >= 11 is 0. The molecule has 0 aliphatic heterocycles. The van der Waals surface area contributed by atoms with Crippen molar-refractivity contribution in [3.63, 3.8) is 0 Å². The lowest BCUT2D eigenvalue weighted by atomic mass is 10.1. The largest absolute Gasteiger partial charge is 0.507 e. The van der Waals surface area contributed by atoms with Crippen molar-refractivity contribution in [3.8, 4) is 6.07 Å². The van der Waals surface area contributed by atoms with Crippen LogP contribution in [0.4, 0.5) is 4.39 Å². The lowest BCUT2D eigenvalue weighted by Gasteiger charge is -2.13. The maximum Gasteiger partial charge on any atom is 0.375 e. The second kappa shape index (κ2) is 7.37. The van der Waals surface area contributed by atoms with Crippen molar-refractivity contribution in [1.29, 1.82) is 5.26 Å². The number of hydrogen-bond acceptors (Lipinski definition) is 6. The Hall–Kier alpha value is -4.12. The number of allylic oxidation sites excluding steroid dienone is 1. The number of carbonyl (C=O) groups excluding carboxylic acids is 1. The number of nitriles is 1. The SMILES string of the molecule is Cc1c(C(=O)O[C@@H](C)/C(O)=C(\C#N)c2nc3ccccc3[nH]2)oc2ccc(F)cc12. The van der Waals surface area contributed by atoms with E-state index in [0.29, 0.717) is 27.6 Å². The van der Waals surface area contributed by atoms with Crippen LogP contribution in [0.3, 0.4) is 0 Å². The van der Waals surface area contributed by atoms with Crippen molar-refractivity contribution < 1.29 is 23.4 Å². The first-order valence-corrected chi connectivity index (χ1v) is 9.07. The number of fused-ring (bicyclic) bond motifs is 2. The van der Waals surface area contributed by atoms with Gasteiger partial charge in [-0.25, -0.2) is 14.2 Å². The number of hydrogen-bond donors (Lipinski definition) is 2. The van der Waals surface area contributed by atoms with Crippen LogP contribution >= 0.6 is 0 Å². The highest BCUT2D eigenvalue weighted by Gasteiger charge is 2.25. The molecule has 0 aliphatic carbocycles. The number of H-pyrrole nitrogens is 1. The van der Waals surface area contributed by atoms with Crippen LogP contribution < -0.4 is 0 Å². The molecule has 2 heterocycles. The second-order valence-electron chi connectivity index (χ2n) is 6.72. The number of carbonyl (C=O) groups is 1. The number of furan rings is 1. The van der Waals surface area contributed by atoms with Crippen LogP contribution in [-0.2, 0) is 4.74 Å². The third-order valence-electron chi connectivity index (χ3n) is 4.75. The van der Waals surface area contributed by atoms with Crippen LogP contribution in [0.5, 0.6) is 0 Å². The van der Waals surface area contributed by atoms with Gasteiger partial charge in [0.05, 0.1) is 11.0 Å². The van der Waals surface area contributed by atoms with Crippen molar-refractivity contribution in [1.82, 2.24) is 9.97 Å². The number of aromatic amines is 1. The zero-order valence-electron chi connectivity index (χ0n) is 16.1. The van der Waals surface area contributed by atoms with E-state index in [4.69, 9.17) is 9.15 Å². The highest BCUT2D eigenvalue weighted by molar-refractivity contribution is 5.96. The quantitative estimate of drug-likeness (QED) is 0.287. The van der Waals surface area contributed by atoms with Gasteiger partial charge in [-0.3, -0.25) is 0 Å². The van der Waals surface area contributed by atoms with Gasteiger partial charge in [-0.1, -0.05) is 12.1 Å². The summed E-state index contributed by atoms with van der Waals surface area (Å²) < 4.78 is 24.2. The Kier molecular flexibility index (Phi) is 4.72. The van der Waals surface area contributed by atoms with E-state index in [1.807, 2.05) is 12.1 Å². The zero-order chi connectivity index (χ0) is 21.4. The lowest BCUT2D eigenvalue weighted by molar-refractivity contribution is 0.0300. The predicted octanol–water partition coefficient (Wildman–Crippen LogP) is 4.79. The minimum atomic E-state index is -1.15. The maximum atomic E-state index is 13.5. The molecule has 0 bridgehead atoms. The number of aliphatic hydroxyl groups is 1. The number of rotatable bonds is 4. The molecule has 0 saturated heterocycles. The van der Waals surface area contributed by atoms with E-state index in [1.54, 1.807) is 25.1 Å². The van der Waals surface area contributed by atoms with Gasteiger partial charge in [0.2, 0.25) is 5.76 Å². The van der Waals surface area contributed by atoms with Gasteiger partial charge < -0.3 is 19.2 Å². The zero-order valence-corrected chi connectivity index (χ0v) is 16.1. The first-order valence-electron chi connectivity index (χ1n) is 9.07. The number of ether oxygens (including phenoxy) is 1. The molecular formula is C22H16FN3O4. The molecule has 0 aliphatic rings. The molecule has 8 heteroatoms. The van der Waals surface area contributed by atoms with Crippen LogP contribution in [0.2, 0.25) is 0 Å². The Morgan fingerprint density at radius 3 is 2.83 bits per heavy atom. The minimum absolute atomic E-state index is 0.0995. The standard InChI is InChI=1S/C22H16FN3O4/c1-11-14-9-13(23)7-8-18(14)30-20(11)22(28)29-12(2)19(27)15(10-24)21-25-16-5-3-4-6-17(16)26-21/h3-9,12,27H,1-2H3,(H,25,26)/b19-15-/t12-/m0/s1. The molecule has 0 spiro atoms. The van der Waals surface area contributed by atoms with E-state index in [2.05, 4.69) is 9.97 Å². The number of aromatic nitrogens is 2. The highest BCUT2D eigenvalue weighted by atomic mass is 19.1. The molecule has 2 aromatic heterocycles. The molecule has 0 unspecified atom stereocenters. The highest BCUT2D eigenvalue weighted by Crippen LogP contribution is 2.28. The second-order valence-corrected chi connectivity index (χ2v) is 6.72. The topological polar surface area (TPSA) is 112 Å². The van der Waals surface area contributed by atoms with Crippen LogP contribution in [0, 0.1) is 24.1 Å². The van der Waals surface area contributed by atoms with Crippen molar-refractivity contribution in [2.45, 2.75) is 20.0 Å². The molecule has 0 radical (unpaired) electrons. The molecule has 4 aromatic rings. The number of esters is 1. The Labute approximate surface area is 170 Å². The number of aryl methyl sites for hydroxylation is 1. The smallest absolute Gasteiger partial charge is 0.375 e. The summed E-state index contributed by atoms with van der Waals surface area (Å²) in [6.07, 6.45) is -1.15. The van der Waals surface area contributed by atoms with Gasteiger partial charge in [0.1, 0.15) is 23.0 Å². The molecule has 0 saturated carbocycles. The van der Waals surface area contributed by atoms with E-state index in [-0.39, 0.29) is 17.2 Å². The third-order valence-corrected chi connectivity index (χ3v) is 4.75. The van der Waals surface area contributed by atoms with E-state index in [1.165, 1.54) is 25.1 Å². The Bertz CT molecular complexity index is 1330. The van der Waals surface area contributed by atoms with Crippen molar-refractivity contribution >= 4 is 33.5 Å². The van der Waals surface area contributed by atoms with Gasteiger partial charge in [0.25, 0.3) is 0 Å². The predicted molar refractivity (Wildman–Crippen MR) is 107 cm³/mol. The van der Waals surface area contributed by atoms with Crippen molar-refractivity contribution in [3.05, 3.63) is 71.2 Å². The Balaban J connectivity index is 1.63. The summed E-state index contributed by atoms with van der Waals surface area (Å²) in [5, 5.41) is 20.5. The van der Waals surface area contributed by atoms with Crippen LogP contribution in [-0.4, -0.2) is 27.1 Å². The van der Waals surface area contributed by atoms with Crippen molar-refractivity contribution in [2.75, 3.05) is 0 Å². The van der Waals surface area contributed by atoms with Gasteiger partial charge in [0.15, 0.2) is 17.7 Å². The summed E-state index contributed by atoms with van der Waals surface area (Å²) in [5.74, 6) is -1.69. The van der Waals surface area contributed by atoms with E-state index in [0.717, 1.165) is 0 Å². The van der Waals surface area contributed by atoms with Gasteiger partial charge in [0, 0.05) is 10.9 Å². The van der Waals surface area contributed by atoms with E-state index >= 15 is 0 Å². The molecule has 0 fully saturated rings. The molecule has 30 heavy (non-hydrogen) atoms. The lowest BCUT2D eigenvalue weighted by Crippen LogP contribution is -2.18. The van der Waals surface area contributed by atoms with Crippen LogP contribution in [0.1, 0.15) is 28.9 Å². The Morgan fingerprint density at radius 1 is 1.33 bits per heavy atom. The fraction of sp³-hybridized carbons (Fsp3) is 0.136. The number of halogens is 1. The summed E-state index contributed by atoms with van der Waals surface area (Å²) in [6, 6.07) is 13.0. The minimum Gasteiger partial charge on any atom is -0.507 e. The summed E-state index contributed by atoms with van der Waals surface area (Å²) in [6.45, 7) is 3.03. The Morgan fingerprint density at radius 2 is 2.10 bits per heavy atom. The molecule has 1 atom stereocenters. The number of nitrogens with zero attached hydrogens (tertiary/aromatic N) is 2. The first kappa shape index (κ1) is 19.2. The normalized spacial score (nSPS) is 13.1. The van der Waals surface area contributed by atoms with E-state index < -0.39 is 23.6 Å². The molecule has 0 amide bonds. The molecule has 4 rings (SSSR count). The number of aliphatic hydroxyl groups excluding tert-OH is 1. The molecule has 7 nitrogen and oxygen atoms in total. The van der Waals surface area contributed by atoms with Gasteiger partial charge in [-0.05, 0) is 44.2 Å².